The zero-order chi connectivity index (χ0) is 17.7. The quantitative estimate of drug-likeness (QED) is 0.891. The third-order valence-corrected chi connectivity index (χ3v) is 3.86. The number of ether oxygens (including phenoxy) is 1. The van der Waals surface area contributed by atoms with Gasteiger partial charge < -0.3 is 20.1 Å². The van der Waals surface area contributed by atoms with Crippen LogP contribution in [-0.2, 0) is 4.74 Å². The summed E-state index contributed by atoms with van der Waals surface area (Å²) in [4.78, 5) is 26.2. The molecule has 0 aromatic heterocycles. The van der Waals surface area contributed by atoms with E-state index in [0.717, 1.165) is 19.3 Å². The van der Waals surface area contributed by atoms with Gasteiger partial charge in [-0.15, -0.1) is 0 Å². The van der Waals surface area contributed by atoms with Gasteiger partial charge in [0, 0.05) is 18.7 Å². The summed E-state index contributed by atoms with van der Waals surface area (Å²) in [7, 11) is 0. The van der Waals surface area contributed by atoms with E-state index >= 15 is 0 Å². The summed E-state index contributed by atoms with van der Waals surface area (Å²) < 4.78 is 5.46. The normalized spacial score (nSPS) is 18.1. The van der Waals surface area contributed by atoms with Gasteiger partial charge in [-0.2, -0.15) is 0 Å². The lowest BCUT2D eigenvalue weighted by Crippen LogP contribution is -2.50. The minimum Gasteiger partial charge on any atom is -0.508 e. The molecule has 1 fully saturated rings. The van der Waals surface area contributed by atoms with Gasteiger partial charge in [0.1, 0.15) is 11.4 Å². The molecular formula is C18H26N2O4. The van der Waals surface area contributed by atoms with Crippen LogP contribution in [0.25, 0.3) is 0 Å². The highest BCUT2D eigenvalue weighted by Crippen LogP contribution is 2.20. The van der Waals surface area contributed by atoms with Crippen molar-refractivity contribution in [1.29, 1.82) is 0 Å². The largest absolute Gasteiger partial charge is 0.508 e. The molecule has 132 valence electrons. The number of amides is 2. The van der Waals surface area contributed by atoms with E-state index in [4.69, 9.17) is 4.74 Å². The molecule has 0 spiro atoms. The van der Waals surface area contributed by atoms with Crippen LogP contribution in [0.1, 0.15) is 50.4 Å². The van der Waals surface area contributed by atoms with E-state index in [1.807, 2.05) is 20.8 Å². The van der Waals surface area contributed by atoms with Crippen LogP contribution < -0.4 is 5.32 Å². The van der Waals surface area contributed by atoms with E-state index in [1.54, 1.807) is 17.0 Å². The smallest absolute Gasteiger partial charge is 0.410 e. The minimum atomic E-state index is -0.538. The molecule has 6 nitrogen and oxygen atoms in total. The van der Waals surface area contributed by atoms with Crippen LogP contribution in [0.3, 0.4) is 0 Å². The maximum atomic E-state index is 12.3. The summed E-state index contributed by atoms with van der Waals surface area (Å²) in [6.45, 7) is 6.53. The van der Waals surface area contributed by atoms with E-state index in [-0.39, 0.29) is 23.8 Å². The summed E-state index contributed by atoms with van der Waals surface area (Å²) in [5.41, 5.74) is -0.140. The van der Waals surface area contributed by atoms with Crippen molar-refractivity contribution in [3.8, 4) is 5.75 Å². The molecule has 0 bridgehead atoms. The summed E-state index contributed by atoms with van der Waals surface area (Å²) in [6, 6.07) is 6.12. The molecule has 1 aromatic carbocycles. The zero-order valence-corrected chi connectivity index (χ0v) is 14.5. The fraction of sp³-hybridized carbons (Fsp3) is 0.556. The number of aromatic hydroxyl groups is 1. The Hall–Kier alpha value is -2.24. The van der Waals surface area contributed by atoms with E-state index in [9.17, 15) is 14.7 Å². The number of phenolic OH excluding ortho intramolecular Hbond substituents is 1. The first kappa shape index (κ1) is 18.1. The molecule has 1 aliphatic heterocycles. The SMILES string of the molecule is CC(C)(C)OC(=O)N1CCCCC1CNC(=O)c1cccc(O)c1. The number of likely N-dealkylation sites (tertiary alicyclic amines) is 1. The van der Waals surface area contributed by atoms with Crippen LogP contribution in [0, 0.1) is 0 Å². The number of piperidine rings is 1. The molecule has 2 rings (SSSR count). The molecular weight excluding hydrogens is 308 g/mol. The molecule has 1 saturated heterocycles. The average Bonchev–Trinajstić information content (AvgIpc) is 2.51. The number of carbonyl (C=O) groups is 2. The maximum Gasteiger partial charge on any atom is 0.410 e. The number of hydrogen-bond donors (Lipinski definition) is 2. The first-order chi connectivity index (χ1) is 11.3. The maximum absolute atomic E-state index is 12.3. The van der Waals surface area contributed by atoms with Crippen molar-refractivity contribution in [2.45, 2.75) is 51.7 Å². The lowest BCUT2D eigenvalue weighted by molar-refractivity contribution is 0.00986. The number of nitrogens with one attached hydrogen (secondary N) is 1. The number of hydrogen-bond acceptors (Lipinski definition) is 4. The highest BCUT2D eigenvalue weighted by Gasteiger charge is 2.30. The molecule has 24 heavy (non-hydrogen) atoms. The first-order valence-electron chi connectivity index (χ1n) is 8.33. The highest BCUT2D eigenvalue weighted by molar-refractivity contribution is 5.94. The molecule has 1 atom stereocenters. The van der Waals surface area contributed by atoms with Gasteiger partial charge in [0.15, 0.2) is 0 Å². The third kappa shape index (κ3) is 5.15. The summed E-state index contributed by atoms with van der Waals surface area (Å²) in [6.07, 6.45) is 2.46. The Morgan fingerprint density at radius 3 is 2.75 bits per heavy atom. The minimum absolute atomic E-state index is 0.0516. The molecule has 1 heterocycles. The standard InChI is InChI=1S/C18H26N2O4/c1-18(2,3)24-17(23)20-10-5-4-8-14(20)12-19-16(22)13-7-6-9-15(21)11-13/h6-7,9,11,14,21H,4-5,8,10,12H2,1-3H3,(H,19,22). The molecule has 0 saturated carbocycles. The van der Waals surface area contributed by atoms with Gasteiger partial charge in [0.25, 0.3) is 5.91 Å². The van der Waals surface area contributed by atoms with Crippen LogP contribution in [0.4, 0.5) is 4.79 Å². The van der Waals surface area contributed by atoms with Crippen molar-refractivity contribution in [1.82, 2.24) is 10.2 Å². The number of rotatable bonds is 3. The Labute approximate surface area is 142 Å². The molecule has 1 unspecified atom stereocenters. The van der Waals surface area contributed by atoms with Crippen molar-refractivity contribution in [3.05, 3.63) is 29.8 Å². The van der Waals surface area contributed by atoms with Crippen LogP contribution >= 0.6 is 0 Å². The van der Waals surface area contributed by atoms with E-state index < -0.39 is 5.60 Å². The van der Waals surface area contributed by atoms with Crippen LogP contribution in [0.15, 0.2) is 24.3 Å². The monoisotopic (exact) mass is 334 g/mol. The van der Waals surface area contributed by atoms with E-state index in [0.29, 0.717) is 18.7 Å². The number of carbonyl (C=O) groups excluding carboxylic acids is 2. The fourth-order valence-corrected chi connectivity index (χ4v) is 2.73. The molecule has 2 N–H and O–H groups in total. The summed E-state index contributed by atoms with van der Waals surface area (Å²) in [5, 5.41) is 12.3. The number of phenols is 1. The zero-order valence-electron chi connectivity index (χ0n) is 14.5. The molecule has 1 aromatic rings. The van der Waals surface area contributed by atoms with Gasteiger partial charge in [-0.25, -0.2) is 4.79 Å². The van der Waals surface area contributed by atoms with Crippen molar-refractivity contribution in [2.75, 3.05) is 13.1 Å². The lowest BCUT2D eigenvalue weighted by atomic mass is 10.0. The van der Waals surface area contributed by atoms with Gasteiger partial charge in [-0.1, -0.05) is 6.07 Å². The molecule has 0 aliphatic carbocycles. The Morgan fingerprint density at radius 1 is 1.33 bits per heavy atom. The summed E-state index contributed by atoms with van der Waals surface area (Å²) in [5.74, 6) is -0.212. The van der Waals surface area contributed by atoms with E-state index in [1.165, 1.54) is 12.1 Å². The topological polar surface area (TPSA) is 78.9 Å². The van der Waals surface area contributed by atoms with Crippen molar-refractivity contribution >= 4 is 12.0 Å². The first-order valence-corrected chi connectivity index (χ1v) is 8.33. The Bertz CT molecular complexity index is 595. The average molecular weight is 334 g/mol. The van der Waals surface area contributed by atoms with Crippen molar-refractivity contribution < 1.29 is 19.4 Å². The molecule has 1 aliphatic rings. The highest BCUT2D eigenvalue weighted by atomic mass is 16.6. The fourth-order valence-electron chi connectivity index (χ4n) is 2.73. The second-order valence-electron chi connectivity index (χ2n) is 7.08. The molecule has 2 amide bonds. The lowest BCUT2D eigenvalue weighted by Gasteiger charge is -2.36. The second-order valence-corrected chi connectivity index (χ2v) is 7.08. The third-order valence-electron chi connectivity index (χ3n) is 3.86. The summed E-state index contributed by atoms with van der Waals surface area (Å²) >= 11 is 0. The van der Waals surface area contributed by atoms with Crippen molar-refractivity contribution in [2.24, 2.45) is 0 Å². The number of benzene rings is 1. The van der Waals surface area contributed by atoms with Gasteiger partial charge in [0.05, 0.1) is 6.04 Å². The molecule has 6 heteroatoms. The van der Waals surface area contributed by atoms with E-state index in [2.05, 4.69) is 5.32 Å². The Kier molecular flexibility index (Phi) is 5.70. The predicted molar refractivity (Wildman–Crippen MR) is 91.0 cm³/mol. The predicted octanol–water partition coefficient (Wildman–Crippen LogP) is 2.91. The van der Waals surface area contributed by atoms with Crippen LogP contribution in [0.5, 0.6) is 5.75 Å². The molecule has 0 radical (unpaired) electrons. The van der Waals surface area contributed by atoms with Crippen molar-refractivity contribution in [3.63, 3.8) is 0 Å². The van der Waals surface area contributed by atoms with Crippen LogP contribution in [0.2, 0.25) is 0 Å². The number of nitrogens with zero attached hydrogens (tertiary/aromatic N) is 1. The Balaban J connectivity index is 1.96. The van der Waals surface area contributed by atoms with Gasteiger partial charge in [-0.05, 0) is 58.2 Å². The van der Waals surface area contributed by atoms with Gasteiger partial charge >= 0.3 is 6.09 Å². The Morgan fingerprint density at radius 2 is 2.08 bits per heavy atom. The second kappa shape index (κ2) is 7.55. The van der Waals surface area contributed by atoms with Gasteiger partial charge in [-0.3, -0.25) is 4.79 Å². The van der Waals surface area contributed by atoms with Gasteiger partial charge in [0.2, 0.25) is 0 Å². The van der Waals surface area contributed by atoms with Crippen LogP contribution in [-0.4, -0.2) is 46.7 Å².